The number of hydrogen-bond acceptors (Lipinski definition) is 5. The molecular weight excluding hydrogens is 388 g/mol. The molecule has 148 valence electrons. The number of carbonyl (C=O) groups is 3. The van der Waals surface area contributed by atoms with Gasteiger partial charge in [0, 0.05) is 22.9 Å². The van der Waals surface area contributed by atoms with Crippen LogP contribution in [0.15, 0.2) is 47.4 Å². The average molecular weight is 407 g/mol. The zero-order valence-electron chi connectivity index (χ0n) is 15.3. The fourth-order valence-corrected chi connectivity index (χ4v) is 2.68. The van der Waals surface area contributed by atoms with Crippen molar-refractivity contribution in [1.29, 1.82) is 0 Å². The molecule has 8 heteroatoms. The van der Waals surface area contributed by atoms with Crippen molar-refractivity contribution in [2.24, 2.45) is 0 Å². The summed E-state index contributed by atoms with van der Waals surface area (Å²) < 4.78 is 31.6. The summed E-state index contributed by atoms with van der Waals surface area (Å²) in [6, 6.07) is 9.61. The van der Waals surface area contributed by atoms with E-state index in [1.54, 1.807) is 23.9 Å². The second-order valence-electron chi connectivity index (χ2n) is 5.90. The van der Waals surface area contributed by atoms with Crippen LogP contribution in [0.5, 0.6) is 0 Å². The Morgan fingerprint density at radius 1 is 1.07 bits per heavy atom. The first-order chi connectivity index (χ1) is 13.3. The van der Waals surface area contributed by atoms with E-state index in [2.05, 4.69) is 5.32 Å². The molecule has 0 aromatic heterocycles. The Bertz CT molecular complexity index is 871. The third-order valence-corrected chi connectivity index (χ3v) is 4.58. The Kier molecular flexibility index (Phi) is 7.69. The predicted octanol–water partition coefficient (Wildman–Crippen LogP) is 4.22. The Morgan fingerprint density at radius 2 is 1.75 bits per heavy atom. The van der Waals surface area contributed by atoms with Crippen molar-refractivity contribution in [2.75, 3.05) is 11.6 Å². The van der Waals surface area contributed by atoms with Gasteiger partial charge in [-0.3, -0.25) is 14.4 Å². The Morgan fingerprint density at radius 3 is 2.39 bits per heavy atom. The summed E-state index contributed by atoms with van der Waals surface area (Å²) in [5.74, 6) is -3.30. The number of benzene rings is 2. The number of Topliss-reactive ketones (excluding diaryl/α,β-unsaturated/α-hetero) is 1. The van der Waals surface area contributed by atoms with E-state index in [4.69, 9.17) is 4.74 Å². The molecule has 0 radical (unpaired) electrons. The van der Waals surface area contributed by atoms with Crippen LogP contribution in [0, 0.1) is 11.6 Å². The third-order valence-electron chi connectivity index (χ3n) is 3.83. The molecule has 1 atom stereocenters. The number of halogens is 2. The second-order valence-corrected chi connectivity index (χ2v) is 6.78. The van der Waals surface area contributed by atoms with E-state index in [1.165, 1.54) is 6.92 Å². The molecule has 2 aromatic rings. The van der Waals surface area contributed by atoms with Gasteiger partial charge < -0.3 is 10.1 Å². The number of rotatable bonds is 8. The zero-order chi connectivity index (χ0) is 20.7. The van der Waals surface area contributed by atoms with Crippen LogP contribution < -0.4 is 5.32 Å². The number of ether oxygens (including phenoxy) is 1. The summed E-state index contributed by atoms with van der Waals surface area (Å²) in [5.41, 5.74) is 0.134. The Labute approximate surface area is 165 Å². The van der Waals surface area contributed by atoms with Crippen molar-refractivity contribution in [3.05, 3.63) is 59.7 Å². The van der Waals surface area contributed by atoms with Crippen LogP contribution in [0.2, 0.25) is 0 Å². The molecule has 28 heavy (non-hydrogen) atoms. The predicted molar refractivity (Wildman–Crippen MR) is 102 cm³/mol. The van der Waals surface area contributed by atoms with Gasteiger partial charge in [-0.25, -0.2) is 8.78 Å². The lowest BCUT2D eigenvalue weighted by atomic mass is 10.1. The van der Waals surface area contributed by atoms with E-state index in [0.29, 0.717) is 5.56 Å². The molecule has 2 rings (SSSR count). The highest BCUT2D eigenvalue weighted by Gasteiger charge is 2.20. The standard InChI is InChI=1S/C20H19F2NO4S/c1-12(20(26)23-17-11-14(21)5-8-16(17)22)27-19(25)10-9-18(24)13-3-6-15(28-2)7-4-13/h3-8,11-12H,9-10H2,1-2H3,(H,23,26)/t12-/m0/s1. The van der Waals surface area contributed by atoms with E-state index >= 15 is 0 Å². The summed E-state index contributed by atoms with van der Waals surface area (Å²) in [6.07, 6.45) is 0.428. The van der Waals surface area contributed by atoms with Gasteiger partial charge in [0.2, 0.25) is 0 Å². The second kappa shape index (κ2) is 9.98. The van der Waals surface area contributed by atoms with Gasteiger partial charge in [-0.2, -0.15) is 0 Å². The fraction of sp³-hybridized carbons (Fsp3) is 0.250. The lowest BCUT2D eigenvalue weighted by molar-refractivity contribution is -0.153. The number of carbonyl (C=O) groups excluding carboxylic acids is 3. The normalized spacial score (nSPS) is 11.6. The molecule has 0 spiro atoms. The number of esters is 1. The highest BCUT2D eigenvalue weighted by molar-refractivity contribution is 7.98. The van der Waals surface area contributed by atoms with Crippen molar-refractivity contribution < 1.29 is 27.9 Å². The maximum atomic E-state index is 13.5. The van der Waals surface area contributed by atoms with Crippen molar-refractivity contribution in [2.45, 2.75) is 30.8 Å². The van der Waals surface area contributed by atoms with E-state index in [9.17, 15) is 23.2 Å². The quantitative estimate of drug-likeness (QED) is 0.403. The van der Waals surface area contributed by atoms with Gasteiger partial charge in [0.15, 0.2) is 11.9 Å². The van der Waals surface area contributed by atoms with Gasteiger partial charge in [0.05, 0.1) is 12.1 Å². The van der Waals surface area contributed by atoms with Crippen LogP contribution in [0.1, 0.15) is 30.1 Å². The van der Waals surface area contributed by atoms with Gasteiger partial charge in [-0.1, -0.05) is 12.1 Å². The van der Waals surface area contributed by atoms with E-state index < -0.39 is 29.6 Å². The van der Waals surface area contributed by atoms with Crippen molar-refractivity contribution in [1.82, 2.24) is 0 Å². The maximum Gasteiger partial charge on any atom is 0.307 e. The van der Waals surface area contributed by atoms with Crippen LogP contribution >= 0.6 is 11.8 Å². The topological polar surface area (TPSA) is 72.5 Å². The summed E-state index contributed by atoms with van der Waals surface area (Å²) in [7, 11) is 0. The van der Waals surface area contributed by atoms with Gasteiger partial charge >= 0.3 is 5.97 Å². The first kappa shape index (κ1) is 21.6. The van der Waals surface area contributed by atoms with Crippen LogP contribution in [0.25, 0.3) is 0 Å². The van der Waals surface area contributed by atoms with Gasteiger partial charge in [0.1, 0.15) is 11.6 Å². The number of anilines is 1. The molecule has 0 aliphatic rings. The SMILES string of the molecule is CSc1ccc(C(=O)CCC(=O)O[C@@H](C)C(=O)Nc2cc(F)ccc2F)cc1. The minimum absolute atomic E-state index is 0.0652. The number of amides is 1. The smallest absolute Gasteiger partial charge is 0.307 e. The molecule has 0 saturated carbocycles. The third kappa shape index (κ3) is 6.16. The molecular formula is C20H19F2NO4S. The van der Waals surface area contributed by atoms with Crippen LogP contribution in [0.4, 0.5) is 14.5 Å². The molecule has 2 aromatic carbocycles. The molecule has 0 aliphatic heterocycles. The van der Waals surface area contributed by atoms with E-state index in [-0.39, 0.29) is 24.3 Å². The highest BCUT2D eigenvalue weighted by atomic mass is 32.2. The molecule has 1 N–H and O–H groups in total. The maximum absolute atomic E-state index is 13.5. The summed E-state index contributed by atoms with van der Waals surface area (Å²) in [5, 5.41) is 2.16. The summed E-state index contributed by atoms with van der Waals surface area (Å²) >= 11 is 1.55. The number of thioether (sulfide) groups is 1. The van der Waals surface area contributed by atoms with E-state index in [0.717, 1.165) is 23.1 Å². The average Bonchev–Trinajstić information content (AvgIpc) is 2.68. The molecule has 1 amide bonds. The van der Waals surface area contributed by atoms with Gasteiger partial charge in [-0.05, 0) is 37.4 Å². The van der Waals surface area contributed by atoms with Crippen molar-refractivity contribution in [3.8, 4) is 0 Å². The minimum Gasteiger partial charge on any atom is -0.453 e. The lowest BCUT2D eigenvalue weighted by Gasteiger charge is -2.14. The molecule has 0 aliphatic carbocycles. The number of nitrogens with one attached hydrogen (secondary N) is 1. The van der Waals surface area contributed by atoms with E-state index in [1.807, 2.05) is 18.4 Å². The minimum atomic E-state index is -1.23. The molecule has 0 unspecified atom stereocenters. The number of hydrogen-bond donors (Lipinski definition) is 1. The molecule has 0 fully saturated rings. The van der Waals surface area contributed by atoms with Crippen LogP contribution in [0.3, 0.4) is 0 Å². The first-order valence-electron chi connectivity index (χ1n) is 8.43. The summed E-state index contributed by atoms with van der Waals surface area (Å²) in [6.45, 7) is 1.30. The zero-order valence-corrected chi connectivity index (χ0v) is 16.1. The van der Waals surface area contributed by atoms with Crippen LogP contribution in [-0.2, 0) is 14.3 Å². The monoisotopic (exact) mass is 407 g/mol. The number of ketones is 1. The Hall–Kier alpha value is -2.74. The Balaban J connectivity index is 1.83. The molecule has 0 saturated heterocycles. The van der Waals surface area contributed by atoms with Crippen LogP contribution in [-0.4, -0.2) is 30.0 Å². The van der Waals surface area contributed by atoms with Crippen molar-refractivity contribution >= 4 is 35.1 Å². The van der Waals surface area contributed by atoms with Gasteiger partial charge in [-0.15, -0.1) is 11.8 Å². The molecule has 5 nitrogen and oxygen atoms in total. The van der Waals surface area contributed by atoms with Gasteiger partial charge in [0.25, 0.3) is 5.91 Å². The largest absolute Gasteiger partial charge is 0.453 e. The first-order valence-corrected chi connectivity index (χ1v) is 9.65. The fourth-order valence-electron chi connectivity index (χ4n) is 2.27. The molecule has 0 bridgehead atoms. The highest BCUT2D eigenvalue weighted by Crippen LogP contribution is 2.17. The lowest BCUT2D eigenvalue weighted by Crippen LogP contribution is -2.30. The van der Waals surface area contributed by atoms with Crippen molar-refractivity contribution in [3.63, 3.8) is 0 Å². The summed E-state index contributed by atoms with van der Waals surface area (Å²) in [4.78, 5) is 37.0. The molecule has 0 heterocycles.